The van der Waals surface area contributed by atoms with Gasteiger partial charge in [0.15, 0.2) is 0 Å². The largest absolute Gasteiger partial charge is 0.478 e. The average Bonchev–Trinajstić information content (AvgIpc) is 3.25. The van der Waals surface area contributed by atoms with Crippen molar-refractivity contribution in [3.63, 3.8) is 0 Å². The molecule has 1 aromatic heterocycles. The Bertz CT molecular complexity index is 1280. The molecule has 0 radical (unpaired) electrons. The van der Waals surface area contributed by atoms with E-state index in [9.17, 15) is 9.18 Å². The molecule has 3 atom stereocenters. The third-order valence-corrected chi connectivity index (χ3v) is 7.94. The lowest BCUT2D eigenvalue weighted by atomic mass is 9.95. The highest BCUT2D eigenvalue weighted by Gasteiger charge is 2.45. The number of piperidine rings is 1. The number of carboxylic acids is 1. The predicted molar refractivity (Wildman–Crippen MR) is 131 cm³/mol. The van der Waals surface area contributed by atoms with Crippen LogP contribution in [0, 0.1) is 25.6 Å². The zero-order valence-electron chi connectivity index (χ0n) is 20.1. The van der Waals surface area contributed by atoms with Gasteiger partial charge in [0.2, 0.25) is 0 Å². The van der Waals surface area contributed by atoms with E-state index in [-0.39, 0.29) is 17.7 Å². The van der Waals surface area contributed by atoms with Crippen LogP contribution in [0.2, 0.25) is 0 Å². The molecule has 6 rings (SSSR count). The Morgan fingerprint density at radius 2 is 1.94 bits per heavy atom. The van der Waals surface area contributed by atoms with Crippen LogP contribution in [0.4, 0.5) is 10.1 Å². The van der Waals surface area contributed by atoms with E-state index in [0.717, 1.165) is 42.4 Å². The summed E-state index contributed by atoms with van der Waals surface area (Å²) in [4.78, 5) is 13.3. The van der Waals surface area contributed by atoms with Crippen LogP contribution in [0.1, 0.15) is 64.3 Å². The summed E-state index contributed by atoms with van der Waals surface area (Å²) in [6, 6.07) is 11.4. The Hall–Kier alpha value is -3.19. The van der Waals surface area contributed by atoms with Crippen molar-refractivity contribution in [2.24, 2.45) is 5.92 Å². The van der Waals surface area contributed by atoms with Gasteiger partial charge in [-0.2, -0.15) is 5.10 Å². The van der Waals surface area contributed by atoms with E-state index in [1.54, 1.807) is 6.07 Å². The highest BCUT2D eigenvalue weighted by molar-refractivity contribution is 5.88. The van der Waals surface area contributed by atoms with Gasteiger partial charge in [-0.25, -0.2) is 9.18 Å². The molecule has 3 aromatic rings. The summed E-state index contributed by atoms with van der Waals surface area (Å²) in [7, 11) is 0. The molecule has 182 valence electrons. The van der Waals surface area contributed by atoms with E-state index in [4.69, 9.17) is 9.84 Å². The number of hydrogen-bond acceptors (Lipinski definition) is 4. The first-order valence-electron chi connectivity index (χ1n) is 12.4. The number of H-pyrrole nitrogens is 1. The summed E-state index contributed by atoms with van der Waals surface area (Å²) in [5, 5.41) is 16.8. The number of fused-ring (bicyclic) bond motifs is 2. The first kappa shape index (κ1) is 22.3. The average molecular weight is 476 g/mol. The van der Waals surface area contributed by atoms with Gasteiger partial charge in [0.05, 0.1) is 29.7 Å². The molecule has 0 unspecified atom stereocenters. The number of aryl methyl sites for hydroxylation is 2. The number of rotatable bonds is 7. The summed E-state index contributed by atoms with van der Waals surface area (Å²) < 4.78 is 20.5. The Morgan fingerprint density at radius 3 is 2.57 bits per heavy atom. The van der Waals surface area contributed by atoms with Crippen molar-refractivity contribution in [2.75, 3.05) is 11.4 Å². The van der Waals surface area contributed by atoms with E-state index >= 15 is 0 Å². The van der Waals surface area contributed by atoms with Gasteiger partial charge in [0.25, 0.3) is 0 Å². The van der Waals surface area contributed by atoms with Crippen LogP contribution in [0.25, 0.3) is 11.3 Å². The van der Waals surface area contributed by atoms with Crippen LogP contribution < -0.4 is 4.90 Å². The van der Waals surface area contributed by atoms with Gasteiger partial charge in [-0.1, -0.05) is 12.1 Å². The molecule has 2 saturated carbocycles. The molecule has 2 N–H and O–H groups in total. The third-order valence-electron chi connectivity index (χ3n) is 7.94. The Morgan fingerprint density at radius 1 is 1.17 bits per heavy atom. The lowest BCUT2D eigenvalue weighted by molar-refractivity contribution is 0.0111. The summed E-state index contributed by atoms with van der Waals surface area (Å²) in [5.41, 5.74) is 7.58. The van der Waals surface area contributed by atoms with Crippen molar-refractivity contribution < 1.29 is 19.0 Å². The van der Waals surface area contributed by atoms with Crippen LogP contribution in [-0.2, 0) is 11.3 Å². The fourth-order valence-electron chi connectivity index (χ4n) is 6.10. The highest BCUT2D eigenvalue weighted by atomic mass is 19.1. The van der Waals surface area contributed by atoms with Crippen LogP contribution in [-0.4, -0.2) is 40.0 Å². The first-order valence-corrected chi connectivity index (χ1v) is 12.4. The van der Waals surface area contributed by atoms with E-state index < -0.39 is 11.8 Å². The predicted octanol–water partition coefficient (Wildman–Crippen LogP) is 5.59. The molecule has 2 aromatic carbocycles. The number of benzene rings is 2. The third kappa shape index (κ3) is 4.12. The number of aromatic amines is 1. The molecule has 0 amide bonds. The van der Waals surface area contributed by atoms with E-state index in [1.165, 1.54) is 47.2 Å². The summed E-state index contributed by atoms with van der Waals surface area (Å²) in [5.74, 6) is -0.809. The lowest BCUT2D eigenvalue weighted by Crippen LogP contribution is -2.38. The maximum Gasteiger partial charge on any atom is 0.338 e. The Labute approximate surface area is 204 Å². The van der Waals surface area contributed by atoms with Gasteiger partial charge in [-0.05, 0) is 86.4 Å². The zero-order valence-corrected chi connectivity index (χ0v) is 20.1. The Balaban J connectivity index is 1.08. The smallest absolute Gasteiger partial charge is 0.338 e. The molecule has 3 aliphatic rings. The van der Waals surface area contributed by atoms with Gasteiger partial charge in [-0.15, -0.1) is 0 Å². The maximum absolute atomic E-state index is 14.2. The van der Waals surface area contributed by atoms with Gasteiger partial charge in [-0.3, -0.25) is 5.10 Å². The van der Waals surface area contributed by atoms with Crippen molar-refractivity contribution in [3.8, 4) is 11.3 Å². The molecular formula is C28H30FN3O3. The van der Waals surface area contributed by atoms with Crippen molar-refractivity contribution in [1.29, 1.82) is 0 Å². The lowest BCUT2D eigenvalue weighted by Gasteiger charge is -2.33. The number of hydrogen-bond donors (Lipinski definition) is 2. The molecule has 6 nitrogen and oxygen atoms in total. The Kier molecular flexibility index (Phi) is 5.40. The number of ether oxygens (including phenoxy) is 1. The van der Waals surface area contributed by atoms with E-state index in [1.807, 2.05) is 0 Å². The summed E-state index contributed by atoms with van der Waals surface area (Å²) in [6.45, 7) is 5.62. The normalized spacial score (nSPS) is 23.3. The topological polar surface area (TPSA) is 78.5 Å². The fourth-order valence-corrected chi connectivity index (χ4v) is 6.10. The number of anilines is 1. The summed E-state index contributed by atoms with van der Waals surface area (Å²) in [6.07, 6.45) is 4.66. The van der Waals surface area contributed by atoms with Crippen molar-refractivity contribution >= 4 is 11.7 Å². The number of carbonyl (C=O) groups is 1. The van der Waals surface area contributed by atoms with Crippen LogP contribution in [0.3, 0.4) is 0 Å². The van der Waals surface area contributed by atoms with Crippen LogP contribution in [0.15, 0.2) is 36.4 Å². The summed E-state index contributed by atoms with van der Waals surface area (Å²) >= 11 is 0. The van der Waals surface area contributed by atoms with E-state index in [2.05, 4.69) is 47.1 Å². The second kappa shape index (κ2) is 8.48. The zero-order chi connectivity index (χ0) is 24.3. The molecule has 1 aliphatic heterocycles. The number of nitrogens with one attached hydrogen (secondary N) is 1. The number of nitrogens with zero attached hydrogens (tertiary/aromatic N) is 2. The van der Waals surface area contributed by atoms with E-state index in [0.29, 0.717) is 12.5 Å². The molecule has 3 fully saturated rings. The first-order chi connectivity index (χ1) is 16.9. The second-order valence-electron chi connectivity index (χ2n) is 10.4. The number of aromatic nitrogens is 2. The van der Waals surface area contributed by atoms with Crippen LogP contribution >= 0.6 is 0 Å². The molecule has 2 heterocycles. The van der Waals surface area contributed by atoms with Crippen molar-refractivity contribution in [2.45, 2.75) is 64.2 Å². The van der Waals surface area contributed by atoms with Gasteiger partial charge in [0.1, 0.15) is 5.82 Å². The minimum absolute atomic E-state index is 0.160. The fraction of sp³-hybridized carbons (Fsp3) is 0.429. The molecule has 2 bridgehead atoms. The quantitative estimate of drug-likeness (QED) is 0.466. The molecule has 1 saturated heterocycles. The van der Waals surface area contributed by atoms with Gasteiger partial charge >= 0.3 is 5.97 Å². The number of carboxylic acid groups (broad SMARTS) is 1. The van der Waals surface area contributed by atoms with Gasteiger partial charge < -0.3 is 14.7 Å². The minimum Gasteiger partial charge on any atom is -0.478 e. The SMILES string of the molecule is Cc1cc(C2CC2)cc(C)c1-c1cc(CO[C@@H]2C[C@@H]3C[C@H]2CN3c2ccc(C(=O)O)c(F)c2)[nH]n1. The molecule has 0 spiro atoms. The molecular weight excluding hydrogens is 445 g/mol. The molecule has 7 heteroatoms. The van der Waals surface area contributed by atoms with Crippen molar-refractivity contribution in [1.82, 2.24) is 10.2 Å². The standard InChI is InChI=1S/C28H30FN3O3/c1-15-7-18(17-3-4-17)8-16(2)27(15)25-10-20(30-31-25)14-35-26-12-22-9-19(26)13-32(22)21-5-6-23(28(33)34)24(29)11-21/h5-8,10-11,17,19,22,26H,3-4,9,12-14H2,1-2H3,(H,30,31)(H,33,34)/t19-,22-,26+/m0/s1. The number of aromatic carboxylic acids is 1. The molecule has 2 aliphatic carbocycles. The minimum atomic E-state index is -1.24. The van der Waals surface area contributed by atoms with Crippen LogP contribution in [0.5, 0.6) is 0 Å². The monoisotopic (exact) mass is 475 g/mol. The van der Waals surface area contributed by atoms with Crippen molar-refractivity contribution in [3.05, 3.63) is 70.2 Å². The highest BCUT2D eigenvalue weighted by Crippen LogP contribution is 2.43. The second-order valence-corrected chi connectivity index (χ2v) is 10.4. The number of halogens is 1. The molecule has 35 heavy (non-hydrogen) atoms. The van der Waals surface area contributed by atoms with Gasteiger partial charge in [0, 0.05) is 29.8 Å². The maximum atomic E-state index is 14.2.